The molecule has 1 fully saturated rings. The second-order valence-electron chi connectivity index (χ2n) is 7.80. The van der Waals surface area contributed by atoms with E-state index in [-0.39, 0.29) is 7.40 Å². The number of carbonyl (C=O) groups excluding carboxylic acids is 2. The second kappa shape index (κ2) is 10.4. The zero-order valence-electron chi connectivity index (χ0n) is 16.7. The summed E-state index contributed by atoms with van der Waals surface area (Å²) in [7, 11) is 1.35. The van der Waals surface area contributed by atoms with Crippen LogP contribution in [0.1, 0.15) is 51.9 Å². The number of aryl methyl sites for hydroxylation is 1. The lowest BCUT2D eigenvalue weighted by Gasteiger charge is -2.27. The molecule has 1 aliphatic carbocycles. The number of hydrogen-bond donors (Lipinski definition) is 2. The van der Waals surface area contributed by atoms with Crippen molar-refractivity contribution in [3.05, 3.63) is 23.9 Å². The largest absolute Gasteiger partial charge is 0.467 e. The molecular weight excluding hydrogens is 356 g/mol. The number of hydrogen-bond acceptors (Lipinski definition) is 6. The van der Waals surface area contributed by atoms with Crippen LogP contribution in [0.25, 0.3) is 0 Å². The number of rotatable bonds is 12. The quantitative estimate of drug-likeness (QED) is 0.324. The Labute approximate surface area is 168 Å². The first-order chi connectivity index (χ1) is 13.7. The van der Waals surface area contributed by atoms with E-state index < -0.39 is 6.04 Å². The smallest absolute Gasteiger partial charge is 0.328 e. The van der Waals surface area contributed by atoms with E-state index in [1.807, 2.05) is 12.3 Å². The monoisotopic (exact) mass is 390 g/mol. The van der Waals surface area contributed by atoms with Crippen LogP contribution in [0.2, 0.25) is 0 Å². The summed E-state index contributed by atoms with van der Waals surface area (Å²) < 4.78 is 4.77. The second-order valence-corrected chi connectivity index (χ2v) is 7.80. The van der Waals surface area contributed by atoms with Gasteiger partial charge in [-0.15, -0.1) is 0 Å². The fraction of sp³-hybridized carbons (Fsp3) is 0.667. The molecule has 1 aromatic rings. The Morgan fingerprint density at radius 1 is 1.43 bits per heavy atom. The fourth-order valence-electron chi connectivity index (χ4n) is 3.99. The van der Waals surface area contributed by atoms with Gasteiger partial charge >= 0.3 is 5.97 Å². The maximum atomic E-state index is 11.7. The van der Waals surface area contributed by atoms with E-state index in [0.717, 1.165) is 38.2 Å². The van der Waals surface area contributed by atoms with Crippen molar-refractivity contribution < 1.29 is 15.8 Å². The molecule has 3 rings (SSSR count). The fourth-order valence-corrected chi connectivity index (χ4v) is 3.99. The van der Waals surface area contributed by atoms with Crippen molar-refractivity contribution >= 4 is 18.2 Å². The molecule has 0 unspecified atom stereocenters. The van der Waals surface area contributed by atoms with Crippen LogP contribution < -0.4 is 10.6 Å². The number of nitrogens with one attached hydrogen (secondary N) is 2. The lowest BCUT2D eigenvalue weighted by atomic mass is 9.97. The molecule has 1 aromatic heterocycles. The molecule has 2 atom stereocenters. The minimum atomic E-state index is -0.553. The van der Waals surface area contributed by atoms with Gasteiger partial charge < -0.3 is 20.3 Å². The topological polar surface area (TPSA) is 83.6 Å². The molecule has 0 spiro atoms. The van der Waals surface area contributed by atoms with E-state index in [1.54, 1.807) is 0 Å². The predicted octanol–water partition coefficient (Wildman–Crippen LogP) is 2.37. The Bertz CT molecular complexity index is 657. The zero-order valence-corrected chi connectivity index (χ0v) is 16.7. The van der Waals surface area contributed by atoms with Crippen molar-refractivity contribution in [3.8, 4) is 0 Å². The first kappa shape index (κ1) is 20.6. The Kier molecular flexibility index (Phi) is 7.65. The molecule has 1 amide bonds. The number of amides is 1. The first-order valence-electron chi connectivity index (χ1n) is 10.4. The van der Waals surface area contributed by atoms with E-state index in [4.69, 9.17) is 4.74 Å². The van der Waals surface area contributed by atoms with Gasteiger partial charge in [-0.2, -0.15) is 0 Å². The maximum absolute atomic E-state index is 11.7. The van der Waals surface area contributed by atoms with Crippen molar-refractivity contribution in [1.29, 1.82) is 0 Å². The van der Waals surface area contributed by atoms with Crippen LogP contribution in [0.3, 0.4) is 0 Å². The normalized spacial score (nSPS) is 19.4. The van der Waals surface area contributed by atoms with Gasteiger partial charge in [-0.1, -0.05) is 12.5 Å². The highest BCUT2D eigenvalue weighted by molar-refractivity contribution is 5.78. The van der Waals surface area contributed by atoms with Gasteiger partial charge in [0, 0.05) is 26.3 Å². The van der Waals surface area contributed by atoms with Gasteiger partial charge in [0.1, 0.15) is 11.9 Å². The highest BCUT2D eigenvalue weighted by Gasteiger charge is 2.30. The number of anilines is 1. The average Bonchev–Trinajstić information content (AvgIpc) is 3.56. The summed E-state index contributed by atoms with van der Waals surface area (Å²) in [5.41, 5.74) is 1.32. The third-order valence-electron chi connectivity index (χ3n) is 5.77. The Balaban J connectivity index is 0.00000300. The average molecular weight is 391 g/mol. The number of esters is 1. The van der Waals surface area contributed by atoms with E-state index in [2.05, 4.69) is 26.6 Å². The van der Waals surface area contributed by atoms with Crippen molar-refractivity contribution in [1.82, 2.24) is 15.2 Å². The van der Waals surface area contributed by atoms with E-state index in [1.165, 1.54) is 38.4 Å². The van der Waals surface area contributed by atoms with Crippen molar-refractivity contribution in [3.63, 3.8) is 0 Å². The Morgan fingerprint density at radius 3 is 3.04 bits per heavy atom. The third-order valence-corrected chi connectivity index (χ3v) is 5.77. The van der Waals surface area contributed by atoms with E-state index >= 15 is 0 Å². The number of pyridine rings is 1. The van der Waals surface area contributed by atoms with Crippen LogP contribution in [-0.2, 0) is 20.7 Å². The van der Waals surface area contributed by atoms with Crippen molar-refractivity contribution in [2.45, 2.75) is 69.5 Å². The van der Waals surface area contributed by atoms with E-state index in [9.17, 15) is 9.59 Å². The van der Waals surface area contributed by atoms with E-state index in [0.29, 0.717) is 24.9 Å². The number of nitrogens with zero attached hydrogens (tertiary/aromatic N) is 2. The van der Waals surface area contributed by atoms with Crippen molar-refractivity contribution in [2.24, 2.45) is 0 Å². The molecule has 156 valence electrons. The molecule has 2 aliphatic rings. The summed E-state index contributed by atoms with van der Waals surface area (Å²) in [6.07, 6.45) is 11.2. The Hall–Kier alpha value is -2.15. The van der Waals surface area contributed by atoms with Gasteiger partial charge in [-0.05, 0) is 63.1 Å². The lowest BCUT2D eigenvalue weighted by molar-refractivity contribution is -0.144. The predicted molar refractivity (Wildman–Crippen MR) is 110 cm³/mol. The van der Waals surface area contributed by atoms with Crippen LogP contribution in [-0.4, -0.2) is 60.6 Å². The van der Waals surface area contributed by atoms with Crippen LogP contribution in [0.4, 0.5) is 5.82 Å². The summed E-state index contributed by atoms with van der Waals surface area (Å²) in [4.78, 5) is 29.4. The van der Waals surface area contributed by atoms with Gasteiger partial charge in [0.15, 0.2) is 0 Å². The number of carbonyl (C=O) groups is 2. The summed E-state index contributed by atoms with van der Waals surface area (Å²) in [5, 5.41) is 6.15. The van der Waals surface area contributed by atoms with Gasteiger partial charge in [0.25, 0.3) is 0 Å². The first-order valence-corrected chi connectivity index (χ1v) is 10.4. The summed E-state index contributed by atoms with van der Waals surface area (Å²) in [6.45, 7) is 1.85. The minimum Gasteiger partial charge on any atom is -0.467 e. The molecule has 0 saturated heterocycles. The molecule has 7 nitrogen and oxygen atoms in total. The number of fused-ring (bicyclic) bond motifs is 1. The van der Waals surface area contributed by atoms with Crippen LogP contribution in [0, 0.1) is 0 Å². The Morgan fingerprint density at radius 2 is 2.29 bits per heavy atom. The molecular formula is C21H34N4O3. The van der Waals surface area contributed by atoms with Gasteiger partial charge in [-0.25, -0.2) is 9.78 Å². The molecule has 28 heavy (non-hydrogen) atoms. The summed E-state index contributed by atoms with van der Waals surface area (Å²) in [6, 6.07) is 4.75. The number of aromatic nitrogens is 1. The highest BCUT2D eigenvalue weighted by atomic mass is 16.5. The number of unbranched alkanes of at least 4 members (excludes halogenated alkanes) is 1. The number of methoxy groups -OCH3 is 1. The maximum Gasteiger partial charge on any atom is 0.328 e. The molecule has 0 aromatic carbocycles. The molecule has 7 heteroatoms. The molecule has 2 N–H and O–H groups in total. The lowest BCUT2D eigenvalue weighted by Crippen LogP contribution is -2.40. The zero-order chi connectivity index (χ0) is 19.8. The molecule has 1 saturated carbocycles. The van der Waals surface area contributed by atoms with Crippen LogP contribution >= 0.6 is 0 Å². The van der Waals surface area contributed by atoms with Gasteiger partial charge in [0.2, 0.25) is 6.41 Å². The summed E-state index contributed by atoms with van der Waals surface area (Å²) in [5.74, 6) is 0.676. The molecule has 1 aliphatic heterocycles. The summed E-state index contributed by atoms with van der Waals surface area (Å²) >= 11 is 0. The molecule has 2 heterocycles. The van der Waals surface area contributed by atoms with Gasteiger partial charge in [-0.3, -0.25) is 4.79 Å². The third kappa shape index (κ3) is 5.92. The minimum absolute atomic E-state index is 0. The SMILES string of the molecule is COC(=O)[C@H](CCN(CCCC[C@H]1CCc2cccnc2N1)C1CC1)NC=O.[HH]. The standard InChI is InChI=1S/C21H32N4O3.H2/c1-28-21(27)19(23-15-26)11-14-25(18-9-10-18)13-3-2-6-17-8-7-16-5-4-12-22-20(16)24-17;/h4-5,12,15,17-19H,2-3,6-11,13-14H2,1H3,(H,22,24)(H,23,26);1H/t17-,19-;/m0./s1. The van der Waals surface area contributed by atoms with Crippen LogP contribution in [0.15, 0.2) is 18.3 Å². The van der Waals surface area contributed by atoms with Gasteiger partial charge in [0.05, 0.1) is 7.11 Å². The highest BCUT2D eigenvalue weighted by Crippen LogP contribution is 2.28. The van der Waals surface area contributed by atoms with Crippen molar-refractivity contribution in [2.75, 3.05) is 25.5 Å². The van der Waals surface area contributed by atoms with Crippen LogP contribution in [0.5, 0.6) is 0 Å². The molecule has 0 bridgehead atoms. The number of ether oxygens (including phenoxy) is 1. The molecule has 0 radical (unpaired) electrons.